The molecule has 0 heterocycles. The Kier molecular flexibility index (Phi) is 7.30. The number of carbonyl (C=O) groups excluding carboxylic acids is 2. The fourth-order valence-corrected chi connectivity index (χ4v) is 2.22. The predicted molar refractivity (Wildman–Crippen MR) is 83.4 cm³/mol. The average Bonchev–Trinajstić information content (AvgIpc) is 2.45. The van der Waals surface area contributed by atoms with Gasteiger partial charge in [-0.05, 0) is 30.9 Å². The molecule has 0 radical (unpaired) electrons. The standard InChI is InChI=1S/C14H16BFO5S/c1-9(2)13(17)21-6-3-7-22-14(18)11-5-4-10(15(19)20)8-12(11)16/h4-5,8,19-20H,1,3,6-7H2,2H3. The second kappa shape index (κ2) is 8.72. The fourth-order valence-electron chi connectivity index (χ4n) is 1.45. The lowest BCUT2D eigenvalue weighted by atomic mass is 9.80. The van der Waals surface area contributed by atoms with E-state index in [0.717, 1.165) is 17.8 Å². The number of thioether (sulfide) groups is 1. The van der Waals surface area contributed by atoms with Crippen molar-refractivity contribution in [3.05, 3.63) is 41.7 Å². The van der Waals surface area contributed by atoms with Gasteiger partial charge < -0.3 is 14.8 Å². The van der Waals surface area contributed by atoms with Gasteiger partial charge in [-0.1, -0.05) is 24.4 Å². The summed E-state index contributed by atoms with van der Waals surface area (Å²) in [6.07, 6.45) is 0.449. The molecule has 0 bridgehead atoms. The quantitative estimate of drug-likeness (QED) is 0.335. The highest BCUT2D eigenvalue weighted by Gasteiger charge is 2.17. The zero-order valence-electron chi connectivity index (χ0n) is 12.0. The molecular weight excluding hydrogens is 310 g/mol. The Hall–Kier alpha value is -1.64. The number of benzene rings is 1. The molecule has 0 aliphatic carbocycles. The number of halogens is 1. The van der Waals surface area contributed by atoms with Gasteiger partial charge in [0.1, 0.15) is 5.82 Å². The lowest BCUT2D eigenvalue weighted by molar-refractivity contribution is -0.138. The molecule has 0 aromatic heterocycles. The van der Waals surface area contributed by atoms with Crippen LogP contribution in [0.5, 0.6) is 0 Å². The Morgan fingerprint density at radius 2 is 2.09 bits per heavy atom. The fraction of sp³-hybridized carbons (Fsp3) is 0.286. The summed E-state index contributed by atoms with van der Waals surface area (Å²) in [5.41, 5.74) is 0.149. The van der Waals surface area contributed by atoms with Gasteiger partial charge in [0, 0.05) is 11.3 Å². The third-order valence-electron chi connectivity index (χ3n) is 2.61. The predicted octanol–water partition coefficient (Wildman–Crippen LogP) is 0.888. The van der Waals surface area contributed by atoms with Crippen LogP contribution in [0.4, 0.5) is 4.39 Å². The van der Waals surface area contributed by atoms with Gasteiger partial charge in [-0.3, -0.25) is 4.79 Å². The van der Waals surface area contributed by atoms with E-state index in [-0.39, 0.29) is 17.6 Å². The van der Waals surface area contributed by atoms with Gasteiger partial charge in [0.25, 0.3) is 0 Å². The molecule has 5 nitrogen and oxygen atoms in total. The van der Waals surface area contributed by atoms with E-state index in [0.29, 0.717) is 17.7 Å². The summed E-state index contributed by atoms with van der Waals surface area (Å²) in [5, 5.41) is 17.4. The molecule has 1 rings (SSSR count). The minimum absolute atomic E-state index is 0.0224. The molecule has 0 atom stereocenters. The smallest absolute Gasteiger partial charge is 0.462 e. The first-order chi connectivity index (χ1) is 10.3. The third-order valence-corrected chi connectivity index (χ3v) is 3.59. The number of hydrogen-bond acceptors (Lipinski definition) is 6. The van der Waals surface area contributed by atoms with E-state index in [1.54, 1.807) is 0 Å². The highest BCUT2D eigenvalue weighted by Crippen LogP contribution is 2.16. The highest BCUT2D eigenvalue weighted by atomic mass is 32.2. The lowest BCUT2D eigenvalue weighted by Crippen LogP contribution is -2.30. The molecule has 0 spiro atoms. The molecule has 8 heteroatoms. The maximum absolute atomic E-state index is 13.7. The summed E-state index contributed by atoms with van der Waals surface area (Å²) in [6.45, 7) is 5.13. The van der Waals surface area contributed by atoms with Crippen molar-refractivity contribution in [2.24, 2.45) is 0 Å². The Morgan fingerprint density at radius 1 is 1.41 bits per heavy atom. The average molecular weight is 326 g/mol. The monoisotopic (exact) mass is 326 g/mol. The number of carbonyl (C=O) groups is 2. The zero-order valence-corrected chi connectivity index (χ0v) is 12.9. The van der Waals surface area contributed by atoms with E-state index >= 15 is 0 Å². The summed E-state index contributed by atoms with van der Waals surface area (Å²) in [4.78, 5) is 22.9. The van der Waals surface area contributed by atoms with Crippen LogP contribution in [0, 0.1) is 5.82 Å². The molecule has 0 saturated heterocycles. The summed E-state index contributed by atoms with van der Waals surface area (Å²) in [6, 6.07) is 3.39. The van der Waals surface area contributed by atoms with Crippen molar-refractivity contribution in [2.45, 2.75) is 13.3 Å². The molecule has 1 aromatic rings. The molecular formula is C14H16BFO5S. The normalized spacial score (nSPS) is 10.2. The van der Waals surface area contributed by atoms with Crippen molar-refractivity contribution in [1.82, 2.24) is 0 Å². The molecule has 2 N–H and O–H groups in total. The molecule has 0 saturated carbocycles. The van der Waals surface area contributed by atoms with Gasteiger partial charge in [-0.2, -0.15) is 0 Å². The van der Waals surface area contributed by atoms with Crippen LogP contribution < -0.4 is 5.46 Å². The molecule has 118 valence electrons. The van der Waals surface area contributed by atoms with Crippen LogP contribution >= 0.6 is 11.8 Å². The summed E-state index contributed by atoms with van der Waals surface area (Å²) in [5.74, 6) is -0.927. The second-order valence-electron chi connectivity index (χ2n) is 4.52. The van der Waals surface area contributed by atoms with Crippen LogP contribution in [-0.2, 0) is 9.53 Å². The van der Waals surface area contributed by atoms with Gasteiger partial charge in [-0.15, -0.1) is 0 Å². The number of rotatable bonds is 7. The van der Waals surface area contributed by atoms with Gasteiger partial charge in [0.2, 0.25) is 5.12 Å². The molecule has 1 aromatic carbocycles. The summed E-state index contributed by atoms with van der Waals surface area (Å²) >= 11 is 0.900. The van der Waals surface area contributed by atoms with E-state index in [4.69, 9.17) is 14.8 Å². The molecule has 0 amide bonds. The SMILES string of the molecule is C=C(C)C(=O)OCCCSC(=O)c1ccc(B(O)O)cc1F. The minimum Gasteiger partial charge on any atom is -0.462 e. The number of esters is 1. The van der Waals surface area contributed by atoms with E-state index in [1.807, 2.05) is 0 Å². The van der Waals surface area contributed by atoms with Crippen LogP contribution in [0.3, 0.4) is 0 Å². The van der Waals surface area contributed by atoms with Gasteiger partial charge in [0.15, 0.2) is 0 Å². The summed E-state index contributed by atoms with van der Waals surface area (Å²) < 4.78 is 18.6. The molecule has 0 aliphatic rings. The first-order valence-electron chi connectivity index (χ1n) is 6.48. The number of ether oxygens (including phenoxy) is 1. The minimum atomic E-state index is -1.78. The van der Waals surface area contributed by atoms with Crippen LogP contribution in [0.15, 0.2) is 30.4 Å². The Morgan fingerprint density at radius 3 is 2.64 bits per heavy atom. The van der Waals surface area contributed by atoms with Gasteiger partial charge in [-0.25, -0.2) is 9.18 Å². The maximum atomic E-state index is 13.7. The van der Waals surface area contributed by atoms with Crippen molar-refractivity contribution in [2.75, 3.05) is 12.4 Å². The van der Waals surface area contributed by atoms with Crippen molar-refractivity contribution >= 4 is 35.4 Å². The maximum Gasteiger partial charge on any atom is 0.488 e. The van der Waals surface area contributed by atoms with Gasteiger partial charge >= 0.3 is 13.1 Å². The summed E-state index contributed by atoms with van der Waals surface area (Å²) in [7, 11) is -1.78. The third kappa shape index (κ3) is 5.63. The van der Waals surface area contributed by atoms with Crippen molar-refractivity contribution in [1.29, 1.82) is 0 Å². The first-order valence-corrected chi connectivity index (χ1v) is 7.47. The van der Waals surface area contributed by atoms with Crippen LogP contribution in [0.25, 0.3) is 0 Å². The van der Waals surface area contributed by atoms with Crippen molar-refractivity contribution < 1.29 is 28.8 Å². The van der Waals surface area contributed by atoms with Gasteiger partial charge in [0.05, 0.1) is 12.2 Å². The second-order valence-corrected chi connectivity index (χ2v) is 5.59. The first kappa shape index (κ1) is 18.4. The van der Waals surface area contributed by atoms with E-state index in [2.05, 4.69) is 6.58 Å². The van der Waals surface area contributed by atoms with E-state index in [9.17, 15) is 14.0 Å². The zero-order chi connectivity index (χ0) is 16.7. The molecule has 0 unspecified atom stereocenters. The van der Waals surface area contributed by atoms with Crippen LogP contribution in [0.2, 0.25) is 0 Å². The molecule has 0 aliphatic heterocycles. The Bertz CT molecular complexity index is 576. The Labute approximate surface area is 132 Å². The Balaban J connectivity index is 2.43. The van der Waals surface area contributed by atoms with E-state index < -0.39 is 24.0 Å². The van der Waals surface area contributed by atoms with E-state index in [1.165, 1.54) is 19.1 Å². The van der Waals surface area contributed by atoms with Crippen molar-refractivity contribution in [3.8, 4) is 0 Å². The number of hydrogen-bond donors (Lipinski definition) is 2. The lowest BCUT2D eigenvalue weighted by Gasteiger charge is -2.06. The largest absolute Gasteiger partial charge is 0.488 e. The van der Waals surface area contributed by atoms with Crippen molar-refractivity contribution in [3.63, 3.8) is 0 Å². The highest BCUT2D eigenvalue weighted by molar-refractivity contribution is 8.14. The van der Waals surface area contributed by atoms with Crippen LogP contribution in [-0.4, -0.2) is 40.6 Å². The topological polar surface area (TPSA) is 83.8 Å². The van der Waals surface area contributed by atoms with Crippen LogP contribution in [0.1, 0.15) is 23.7 Å². The molecule has 22 heavy (non-hydrogen) atoms. The molecule has 0 fully saturated rings.